The van der Waals surface area contributed by atoms with E-state index in [0.29, 0.717) is 0 Å². The molecule has 0 bridgehead atoms. The molecule has 1 aliphatic carbocycles. The zero-order valence-electron chi connectivity index (χ0n) is 23.3. The minimum absolute atomic E-state index is 0. The van der Waals surface area contributed by atoms with E-state index in [1.165, 1.54) is 0 Å². The summed E-state index contributed by atoms with van der Waals surface area (Å²) in [6.45, 7) is -0.967. The first-order valence-corrected chi connectivity index (χ1v) is 13.9. The van der Waals surface area contributed by atoms with E-state index in [4.69, 9.17) is 62.8 Å². The van der Waals surface area contributed by atoms with Crippen molar-refractivity contribution < 1.29 is 64.2 Å². The second kappa shape index (κ2) is 15.4. The summed E-state index contributed by atoms with van der Waals surface area (Å²) < 4.78 is 34.6. The zero-order chi connectivity index (χ0) is 31.0. The smallest absolute Gasteiger partial charge is 0.187 e. The number of aliphatic hydroxyl groups excluding tert-OH is 7. The molecule has 0 radical (unpaired) electrons. The highest BCUT2D eigenvalue weighted by atomic mass is 35.5. The van der Waals surface area contributed by atoms with Gasteiger partial charge in [-0.05, 0) is 6.42 Å². The highest BCUT2D eigenvalue weighted by molar-refractivity contribution is 5.85. The van der Waals surface area contributed by atoms with Crippen molar-refractivity contribution in [3.63, 3.8) is 0 Å². The number of hydrogen-bond donors (Lipinski definition) is 13. The van der Waals surface area contributed by atoms with Gasteiger partial charge in [0.15, 0.2) is 18.9 Å². The van der Waals surface area contributed by atoms with Crippen LogP contribution in [0.4, 0.5) is 0 Å². The molecule has 19 N–H and O–H groups in total. The van der Waals surface area contributed by atoms with E-state index in [0.717, 1.165) is 0 Å². The third-order valence-electron chi connectivity index (χ3n) is 8.37. The number of nitrogens with two attached hydrogens (primary N) is 6. The van der Waals surface area contributed by atoms with Gasteiger partial charge in [0.05, 0.1) is 24.8 Å². The van der Waals surface area contributed by atoms with Crippen LogP contribution in [0.3, 0.4) is 0 Å². The summed E-state index contributed by atoms with van der Waals surface area (Å²) in [5, 5.41) is 73.0. The molecule has 0 unspecified atom stereocenters. The van der Waals surface area contributed by atoms with Crippen LogP contribution in [0.2, 0.25) is 0 Å². The van der Waals surface area contributed by atoms with E-state index in [9.17, 15) is 35.7 Å². The molecule has 20 heteroatoms. The fourth-order valence-corrected chi connectivity index (χ4v) is 5.74. The van der Waals surface area contributed by atoms with Gasteiger partial charge in [-0.25, -0.2) is 0 Å². The molecule has 0 amide bonds. The minimum Gasteiger partial charge on any atom is -0.394 e. The van der Waals surface area contributed by atoms with Crippen LogP contribution in [0.5, 0.6) is 0 Å². The summed E-state index contributed by atoms with van der Waals surface area (Å²) in [5.74, 6) is 0. The van der Waals surface area contributed by atoms with E-state index in [2.05, 4.69) is 0 Å². The van der Waals surface area contributed by atoms with Gasteiger partial charge in [0.2, 0.25) is 0 Å². The van der Waals surface area contributed by atoms with Crippen LogP contribution in [-0.4, -0.2) is 172 Å². The lowest BCUT2D eigenvalue weighted by Crippen LogP contribution is -2.68. The molecule has 4 aliphatic rings. The molecule has 0 aromatic rings. The SMILES string of the molecule is Cl.NC[C@@H]1O[C@H](O[C@H]2[C@@H](O)[C@H](O[C@@H]3[C@@H](O)[C@H](N)C[C@H](N)[C@H]3O[C@H]3O[C@H](CN)[C@@H](O)[C@H](O)[C@H]3N)O[C@@H]2CO)[C@H](N)[C@@H](O)[C@@H]1O. The Morgan fingerprint density at radius 2 is 0.977 bits per heavy atom. The predicted octanol–water partition coefficient (Wildman–Crippen LogP) is -8.47. The molecule has 19 atom stereocenters. The first kappa shape index (κ1) is 37.0. The fraction of sp³-hybridized carbons (Fsp3) is 1.00. The topological polar surface area (TPSA) is 353 Å². The number of aliphatic hydroxyl groups is 7. The van der Waals surface area contributed by atoms with Crippen molar-refractivity contribution in [3.8, 4) is 0 Å². The van der Waals surface area contributed by atoms with Gasteiger partial charge in [0.25, 0.3) is 0 Å². The Balaban J connectivity index is 0.00000506. The Bertz CT molecular complexity index is 875. The Labute approximate surface area is 253 Å². The Morgan fingerprint density at radius 1 is 0.535 bits per heavy atom. The molecule has 0 aromatic carbocycles. The first-order chi connectivity index (χ1) is 19.8. The lowest BCUT2D eigenvalue weighted by atomic mass is 9.84. The Hall–Kier alpha value is -0.470. The van der Waals surface area contributed by atoms with Crippen LogP contribution in [0.25, 0.3) is 0 Å². The highest BCUT2D eigenvalue weighted by Gasteiger charge is 2.54. The summed E-state index contributed by atoms with van der Waals surface area (Å²) in [5.41, 5.74) is 35.6. The van der Waals surface area contributed by atoms with Crippen molar-refractivity contribution in [2.24, 2.45) is 34.4 Å². The van der Waals surface area contributed by atoms with Crippen LogP contribution in [0.15, 0.2) is 0 Å². The van der Waals surface area contributed by atoms with E-state index in [1.54, 1.807) is 0 Å². The van der Waals surface area contributed by atoms with Gasteiger partial charge < -0.3 is 98.6 Å². The average Bonchev–Trinajstić information content (AvgIpc) is 3.27. The van der Waals surface area contributed by atoms with Gasteiger partial charge in [0, 0.05) is 25.2 Å². The summed E-state index contributed by atoms with van der Waals surface area (Å²) in [7, 11) is 0. The molecule has 19 nitrogen and oxygen atoms in total. The molecule has 1 saturated carbocycles. The second-order valence-electron chi connectivity index (χ2n) is 11.2. The molecule has 43 heavy (non-hydrogen) atoms. The van der Waals surface area contributed by atoms with Crippen LogP contribution in [0.1, 0.15) is 6.42 Å². The zero-order valence-corrected chi connectivity index (χ0v) is 24.1. The third-order valence-corrected chi connectivity index (χ3v) is 8.37. The predicted molar refractivity (Wildman–Crippen MR) is 146 cm³/mol. The van der Waals surface area contributed by atoms with Gasteiger partial charge in [-0.3, -0.25) is 0 Å². The first-order valence-electron chi connectivity index (χ1n) is 13.9. The lowest BCUT2D eigenvalue weighted by Gasteiger charge is -2.47. The summed E-state index contributed by atoms with van der Waals surface area (Å²) in [6, 6.07) is -4.18. The molecular formula is C23H47ClN6O13. The maximum absolute atomic E-state index is 11.1. The molecule has 3 saturated heterocycles. The normalized spacial score (nSPS) is 52.5. The molecule has 4 fully saturated rings. The van der Waals surface area contributed by atoms with Gasteiger partial charge in [-0.2, -0.15) is 0 Å². The van der Waals surface area contributed by atoms with Crippen LogP contribution in [0, 0.1) is 0 Å². The Morgan fingerprint density at radius 3 is 1.44 bits per heavy atom. The monoisotopic (exact) mass is 650 g/mol. The van der Waals surface area contributed by atoms with Gasteiger partial charge in [-0.1, -0.05) is 0 Å². The summed E-state index contributed by atoms with van der Waals surface area (Å²) >= 11 is 0. The van der Waals surface area contributed by atoms with Crippen molar-refractivity contribution in [2.45, 2.75) is 123 Å². The number of rotatable bonds is 9. The molecule has 0 spiro atoms. The molecule has 3 aliphatic heterocycles. The van der Waals surface area contributed by atoms with E-state index in [1.807, 2.05) is 0 Å². The minimum atomic E-state index is -1.60. The number of hydrogen-bond acceptors (Lipinski definition) is 19. The van der Waals surface area contributed by atoms with E-state index in [-0.39, 0.29) is 31.9 Å². The third kappa shape index (κ3) is 7.42. The van der Waals surface area contributed by atoms with Crippen LogP contribution >= 0.6 is 12.4 Å². The largest absolute Gasteiger partial charge is 0.394 e. The van der Waals surface area contributed by atoms with Gasteiger partial charge in [-0.15, -0.1) is 12.4 Å². The fourth-order valence-electron chi connectivity index (χ4n) is 5.74. The summed E-state index contributed by atoms with van der Waals surface area (Å²) in [6.07, 6.45) is -19.8. The molecule has 3 heterocycles. The van der Waals surface area contributed by atoms with Crippen molar-refractivity contribution in [2.75, 3.05) is 19.7 Å². The van der Waals surface area contributed by atoms with Crippen molar-refractivity contribution in [1.29, 1.82) is 0 Å². The average molecular weight is 651 g/mol. The maximum atomic E-state index is 11.1. The quantitative estimate of drug-likeness (QED) is 0.110. The number of ether oxygens (including phenoxy) is 6. The molecule has 4 rings (SSSR count). The van der Waals surface area contributed by atoms with Crippen molar-refractivity contribution in [1.82, 2.24) is 0 Å². The van der Waals surface area contributed by atoms with Crippen LogP contribution < -0.4 is 34.4 Å². The van der Waals surface area contributed by atoms with E-state index < -0.39 is 123 Å². The van der Waals surface area contributed by atoms with Gasteiger partial charge >= 0.3 is 0 Å². The molecule has 0 aromatic heterocycles. The summed E-state index contributed by atoms with van der Waals surface area (Å²) in [4.78, 5) is 0. The second-order valence-corrected chi connectivity index (χ2v) is 11.2. The van der Waals surface area contributed by atoms with Crippen molar-refractivity contribution in [3.05, 3.63) is 0 Å². The number of halogens is 1. The Kier molecular flexibility index (Phi) is 13.3. The lowest BCUT2D eigenvalue weighted by molar-refractivity contribution is -0.306. The van der Waals surface area contributed by atoms with E-state index >= 15 is 0 Å². The standard InChI is InChI=1S/C23H46N6O13.ClH/c24-2-7-13(32)15(34)10(28)21(37-7)40-18-6(27)1-5(26)12(31)20(18)42-23-17(36)19(9(4-30)39-23)41-22-11(29)16(35)14(33)8(3-25)38-22;/h5-23,30-36H,1-4,24-29H2;1H/t5-,6+,7-,8+,9-,10-,11-,12+,13-,14-,15-,16-,17-,18-,19-,20-,21-,22-,23+;/m1./s1. The van der Waals surface area contributed by atoms with Gasteiger partial charge in [0.1, 0.15) is 67.1 Å². The molecule has 254 valence electrons. The maximum Gasteiger partial charge on any atom is 0.187 e. The molecular weight excluding hydrogens is 604 g/mol. The van der Waals surface area contributed by atoms with Crippen molar-refractivity contribution >= 4 is 12.4 Å². The highest BCUT2D eigenvalue weighted by Crippen LogP contribution is 2.34. The van der Waals surface area contributed by atoms with Crippen LogP contribution in [-0.2, 0) is 28.4 Å².